The molecule has 1 aromatic heterocycles. The van der Waals surface area contributed by atoms with E-state index < -0.39 is 0 Å². The molecule has 1 fully saturated rings. The van der Waals surface area contributed by atoms with Crippen molar-refractivity contribution < 1.29 is 4.79 Å². The molecule has 0 radical (unpaired) electrons. The van der Waals surface area contributed by atoms with Crippen LogP contribution in [0.15, 0.2) is 6.20 Å². The molecule has 0 unspecified atom stereocenters. The van der Waals surface area contributed by atoms with Crippen LogP contribution in [0.1, 0.15) is 43.2 Å². The molecule has 1 amide bonds. The lowest BCUT2D eigenvalue weighted by Crippen LogP contribution is -2.32. The summed E-state index contributed by atoms with van der Waals surface area (Å²) in [4.78, 5) is 13.9. The van der Waals surface area contributed by atoms with Gasteiger partial charge in [0.25, 0.3) is 5.91 Å². The molecule has 2 rings (SSSR count). The van der Waals surface area contributed by atoms with E-state index in [-0.39, 0.29) is 5.91 Å². The highest BCUT2D eigenvalue weighted by Gasteiger charge is 2.20. The molecular weight excluding hydrogens is 230 g/mol. The van der Waals surface area contributed by atoms with Crippen LogP contribution in [0, 0.1) is 0 Å². The van der Waals surface area contributed by atoms with Crippen molar-refractivity contribution in [1.82, 2.24) is 25.2 Å². The molecule has 0 saturated carbocycles. The van der Waals surface area contributed by atoms with E-state index in [9.17, 15) is 4.79 Å². The Balaban J connectivity index is 2.07. The summed E-state index contributed by atoms with van der Waals surface area (Å²) in [5.41, 5.74) is 0.448. The van der Waals surface area contributed by atoms with E-state index in [1.165, 1.54) is 0 Å². The molecule has 1 saturated heterocycles. The Morgan fingerprint density at radius 2 is 2.33 bits per heavy atom. The first-order valence-corrected chi connectivity index (χ1v) is 6.68. The minimum absolute atomic E-state index is 0.0324. The molecule has 0 spiro atoms. The van der Waals surface area contributed by atoms with E-state index in [1.807, 2.05) is 18.5 Å². The number of carbonyl (C=O) groups excluding carboxylic acids is 1. The van der Waals surface area contributed by atoms with Crippen molar-refractivity contribution in [2.45, 2.75) is 32.7 Å². The van der Waals surface area contributed by atoms with Crippen LogP contribution >= 0.6 is 0 Å². The van der Waals surface area contributed by atoms with Crippen LogP contribution in [-0.4, -0.2) is 52.0 Å². The van der Waals surface area contributed by atoms with E-state index in [0.29, 0.717) is 24.8 Å². The topological polar surface area (TPSA) is 63.1 Å². The lowest BCUT2D eigenvalue weighted by Gasteiger charge is -2.22. The van der Waals surface area contributed by atoms with Gasteiger partial charge in [-0.25, -0.2) is 4.68 Å². The first-order chi connectivity index (χ1) is 8.76. The van der Waals surface area contributed by atoms with Gasteiger partial charge in [-0.1, -0.05) is 5.21 Å². The lowest BCUT2D eigenvalue weighted by atomic mass is 10.1. The Kier molecular flexibility index (Phi) is 4.30. The molecule has 1 aromatic rings. The van der Waals surface area contributed by atoms with Gasteiger partial charge in [0.2, 0.25) is 0 Å². The Labute approximate surface area is 107 Å². The highest BCUT2D eigenvalue weighted by molar-refractivity contribution is 5.91. The van der Waals surface area contributed by atoms with Crippen molar-refractivity contribution in [2.75, 3.05) is 26.2 Å². The number of piperidine rings is 1. The standard InChI is InChI=1S/C12H21N5O/c1-3-16(4-2)12(18)11-9-17(15-14-11)10-6-5-7-13-8-10/h9-10,13H,3-8H2,1-2H3/t10-/m0/s1. The van der Waals surface area contributed by atoms with Crippen molar-refractivity contribution in [1.29, 1.82) is 0 Å². The quantitative estimate of drug-likeness (QED) is 0.855. The molecule has 0 aliphatic carbocycles. The second-order valence-corrected chi connectivity index (χ2v) is 4.56. The summed E-state index contributed by atoms with van der Waals surface area (Å²) in [6.07, 6.45) is 4.01. The number of hydrogen-bond donors (Lipinski definition) is 1. The van der Waals surface area contributed by atoms with Crippen LogP contribution in [0.3, 0.4) is 0 Å². The fraction of sp³-hybridized carbons (Fsp3) is 0.750. The van der Waals surface area contributed by atoms with Gasteiger partial charge < -0.3 is 10.2 Å². The fourth-order valence-corrected chi connectivity index (χ4v) is 2.29. The number of hydrogen-bond acceptors (Lipinski definition) is 4. The molecule has 6 nitrogen and oxygen atoms in total. The van der Waals surface area contributed by atoms with Crippen LogP contribution in [0.4, 0.5) is 0 Å². The molecule has 1 atom stereocenters. The summed E-state index contributed by atoms with van der Waals surface area (Å²) in [6.45, 7) is 7.31. The Morgan fingerprint density at radius 3 is 2.94 bits per heavy atom. The zero-order valence-electron chi connectivity index (χ0n) is 11.1. The third-order valence-corrected chi connectivity index (χ3v) is 3.43. The van der Waals surface area contributed by atoms with Crippen molar-refractivity contribution in [3.63, 3.8) is 0 Å². The van der Waals surface area contributed by atoms with Gasteiger partial charge >= 0.3 is 0 Å². The summed E-state index contributed by atoms with van der Waals surface area (Å²) in [5, 5.41) is 11.4. The molecule has 100 valence electrons. The van der Waals surface area contributed by atoms with Gasteiger partial charge in [0, 0.05) is 19.6 Å². The molecule has 0 bridgehead atoms. The highest BCUT2D eigenvalue weighted by Crippen LogP contribution is 2.15. The maximum Gasteiger partial charge on any atom is 0.276 e. The van der Waals surface area contributed by atoms with Crippen molar-refractivity contribution >= 4 is 5.91 Å². The smallest absolute Gasteiger partial charge is 0.276 e. The van der Waals surface area contributed by atoms with Crippen LogP contribution in [0.5, 0.6) is 0 Å². The number of carbonyl (C=O) groups is 1. The molecule has 1 N–H and O–H groups in total. The number of rotatable bonds is 4. The zero-order valence-corrected chi connectivity index (χ0v) is 11.1. The van der Waals surface area contributed by atoms with Gasteiger partial charge in [0.05, 0.1) is 12.2 Å². The minimum Gasteiger partial charge on any atom is -0.338 e. The number of nitrogens with zero attached hydrogens (tertiary/aromatic N) is 4. The third-order valence-electron chi connectivity index (χ3n) is 3.43. The van der Waals surface area contributed by atoms with E-state index in [2.05, 4.69) is 15.6 Å². The summed E-state index contributed by atoms with van der Waals surface area (Å²) >= 11 is 0. The third kappa shape index (κ3) is 2.69. The van der Waals surface area contributed by atoms with Crippen LogP contribution in [0.25, 0.3) is 0 Å². The van der Waals surface area contributed by atoms with Crippen molar-refractivity contribution in [3.05, 3.63) is 11.9 Å². The van der Waals surface area contributed by atoms with Gasteiger partial charge in [0.1, 0.15) is 0 Å². The second kappa shape index (κ2) is 5.95. The molecule has 2 heterocycles. The summed E-state index contributed by atoms with van der Waals surface area (Å²) < 4.78 is 1.82. The number of aromatic nitrogens is 3. The number of amides is 1. The first-order valence-electron chi connectivity index (χ1n) is 6.68. The molecule has 1 aliphatic heterocycles. The summed E-state index contributed by atoms with van der Waals surface area (Å²) in [7, 11) is 0. The Hall–Kier alpha value is -1.43. The van der Waals surface area contributed by atoms with E-state index in [1.54, 1.807) is 11.1 Å². The van der Waals surface area contributed by atoms with Crippen LogP contribution in [-0.2, 0) is 0 Å². The van der Waals surface area contributed by atoms with E-state index in [4.69, 9.17) is 0 Å². The van der Waals surface area contributed by atoms with Gasteiger partial charge in [-0.3, -0.25) is 4.79 Å². The first kappa shape index (κ1) is 13.0. The average Bonchev–Trinajstić information content (AvgIpc) is 2.90. The largest absolute Gasteiger partial charge is 0.338 e. The van der Waals surface area contributed by atoms with Gasteiger partial charge in [-0.15, -0.1) is 5.10 Å². The Bertz CT molecular complexity index is 393. The highest BCUT2D eigenvalue weighted by atomic mass is 16.2. The predicted octanol–water partition coefficient (Wildman–Crippen LogP) is 0.685. The zero-order chi connectivity index (χ0) is 13.0. The monoisotopic (exact) mass is 251 g/mol. The summed E-state index contributed by atoms with van der Waals surface area (Å²) in [6, 6.07) is 0.324. The van der Waals surface area contributed by atoms with Crippen molar-refractivity contribution in [3.8, 4) is 0 Å². The maximum atomic E-state index is 12.1. The lowest BCUT2D eigenvalue weighted by molar-refractivity contribution is 0.0767. The molecular formula is C12H21N5O. The molecule has 6 heteroatoms. The molecule has 1 aliphatic rings. The van der Waals surface area contributed by atoms with E-state index >= 15 is 0 Å². The SMILES string of the molecule is CCN(CC)C(=O)c1cn([C@H]2CCCNC2)nn1. The average molecular weight is 251 g/mol. The summed E-state index contributed by atoms with van der Waals surface area (Å²) in [5.74, 6) is -0.0324. The normalized spacial score (nSPS) is 19.8. The molecule has 18 heavy (non-hydrogen) atoms. The predicted molar refractivity (Wildman–Crippen MR) is 68.4 cm³/mol. The minimum atomic E-state index is -0.0324. The van der Waals surface area contributed by atoms with Gasteiger partial charge in [-0.05, 0) is 33.2 Å². The second-order valence-electron chi connectivity index (χ2n) is 4.56. The van der Waals surface area contributed by atoms with Gasteiger partial charge in [-0.2, -0.15) is 0 Å². The Morgan fingerprint density at radius 1 is 1.56 bits per heavy atom. The van der Waals surface area contributed by atoms with E-state index in [0.717, 1.165) is 25.9 Å². The van der Waals surface area contributed by atoms with Gasteiger partial charge in [0.15, 0.2) is 5.69 Å². The van der Waals surface area contributed by atoms with Crippen LogP contribution < -0.4 is 5.32 Å². The maximum absolute atomic E-state index is 12.1. The number of nitrogens with one attached hydrogen (secondary N) is 1. The molecule has 0 aromatic carbocycles. The fourth-order valence-electron chi connectivity index (χ4n) is 2.29. The van der Waals surface area contributed by atoms with Crippen LogP contribution in [0.2, 0.25) is 0 Å². The van der Waals surface area contributed by atoms with Crippen molar-refractivity contribution in [2.24, 2.45) is 0 Å².